The van der Waals surface area contributed by atoms with Crippen molar-refractivity contribution in [2.75, 3.05) is 6.54 Å². The topological polar surface area (TPSA) is 49.3 Å². The second-order valence-electron chi connectivity index (χ2n) is 6.07. The van der Waals surface area contributed by atoms with Gasteiger partial charge in [0.25, 0.3) is 0 Å². The number of rotatable bonds is 7. The molecule has 21 heavy (non-hydrogen) atoms. The second-order valence-corrected chi connectivity index (χ2v) is 6.07. The summed E-state index contributed by atoms with van der Waals surface area (Å²) in [4.78, 5) is 12.0. The van der Waals surface area contributed by atoms with Crippen molar-refractivity contribution in [1.82, 2.24) is 5.32 Å². The lowest BCUT2D eigenvalue weighted by molar-refractivity contribution is -0.123. The molecule has 3 unspecified atom stereocenters. The van der Waals surface area contributed by atoms with Crippen LogP contribution in [0, 0.1) is 11.7 Å². The lowest BCUT2D eigenvalue weighted by Gasteiger charge is -2.30. The molecule has 0 saturated heterocycles. The molecule has 3 nitrogen and oxygen atoms in total. The summed E-state index contributed by atoms with van der Waals surface area (Å²) in [5.74, 6) is -0.555. The fraction of sp³-hybridized carbons (Fsp3) is 0.588. The third-order valence-corrected chi connectivity index (χ3v) is 4.25. The van der Waals surface area contributed by atoms with E-state index >= 15 is 0 Å². The molecule has 3 atom stereocenters. The van der Waals surface area contributed by atoms with Gasteiger partial charge in [-0.25, -0.2) is 4.39 Å². The first-order chi connectivity index (χ1) is 9.77. The highest BCUT2D eigenvalue weighted by Gasteiger charge is 2.27. The van der Waals surface area contributed by atoms with Gasteiger partial charge in [-0.05, 0) is 30.4 Å². The van der Waals surface area contributed by atoms with E-state index in [0.717, 1.165) is 6.42 Å². The average Bonchev–Trinajstić information content (AvgIpc) is 2.44. The molecule has 118 valence electrons. The molecule has 1 aromatic carbocycles. The molecule has 1 rings (SSSR count). The summed E-state index contributed by atoms with van der Waals surface area (Å²) in [5, 5.41) is 13.0. The number of benzene rings is 1. The highest BCUT2D eigenvalue weighted by Crippen LogP contribution is 2.22. The van der Waals surface area contributed by atoms with E-state index in [2.05, 4.69) is 5.32 Å². The van der Waals surface area contributed by atoms with E-state index in [1.165, 1.54) is 6.07 Å². The summed E-state index contributed by atoms with van der Waals surface area (Å²) in [6, 6.07) is 6.50. The number of aliphatic hydroxyl groups is 1. The summed E-state index contributed by atoms with van der Waals surface area (Å²) in [7, 11) is 0. The molecule has 0 aliphatic rings. The summed E-state index contributed by atoms with van der Waals surface area (Å²) < 4.78 is 13.6. The van der Waals surface area contributed by atoms with Gasteiger partial charge in [-0.3, -0.25) is 4.79 Å². The quantitative estimate of drug-likeness (QED) is 0.811. The fourth-order valence-electron chi connectivity index (χ4n) is 2.23. The maximum Gasteiger partial charge on any atom is 0.220 e. The van der Waals surface area contributed by atoms with Gasteiger partial charge in [0.05, 0.1) is 5.60 Å². The standard InChI is InChI=1S/C17H26FNO2/c1-5-13(3)17(4,21)11-19-16(20)10-12(2)14-8-6-7-9-15(14)18/h6-9,12-13,21H,5,10-11H2,1-4H3,(H,19,20). The molecule has 1 aromatic rings. The first kappa shape index (κ1) is 17.6. The number of amides is 1. The smallest absolute Gasteiger partial charge is 0.220 e. The van der Waals surface area contributed by atoms with Crippen LogP contribution < -0.4 is 5.32 Å². The number of carbonyl (C=O) groups is 1. The van der Waals surface area contributed by atoms with Crippen LogP contribution in [0.2, 0.25) is 0 Å². The normalized spacial score (nSPS) is 16.9. The highest BCUT2D eigenvalue weighted by atomic mass is 19.1. The van der Waals surface area contributed by atoms with Crippen molar-refractivity contribution in [2.24, 2.45) is 5.92 Å². The van der Waals surface area contributed by atoms with Gasteiger partial charge in [0.1, 0.15) is 5.82 Å². The Morgan fingerprint density at radius 1 is 1.38 bits per heavy atom. The largest absolute Gasteiger partial charge is 0.388 e. The van der Waals surface area contributed by atoms with E-state index in [9.17, 15) is 14.3 Å². The number of halogens is 1. The first-order valence-electron chi connectivity index (χ1n) is 7.51. The highest BCUT2D eigenvalue weighted by molar-refractivity contribution is 5.76. The van der Waals surface area contributed by atoms with Crippen LogP contribution in [0.15, 0.2) is 24.3 Å². The van der Waals surface area contributed by atoms with Crippen molar-refractivity contribution in [1.29, 1.82) is 0 Å². The number of hydrogen-bond donors (Lipinski definition) is 2. The van der Waals surface area contributed by atoms with Crippen LogP contribution in [0.4, 0.5) is 4.39 Å². The van der Waals surface area contributed by atoms with E-state index in [-0.39, 0.29) is 36.5 Å². The molecule has 0 aliphatic carbocycles. The average molecular weight is 295 g/mol. The molecule has 0 aromatic heterocycles. The molecule has 0 saturated carbocycles. The van der Waals surface area contributed by atoms with Gasteiger partial charge in [0.2, 0.25) is 5.91 Å². The number of hydrogen-bond acceptors (Lipinski definition) is 2. The van der Waals surface area contributed by atoms with Gasteiger partial charge in [0, 0.05) is 13.0 Å². The Balaban J connectivity index is 2.53. The SMILES string of the molecule is CCC(C)C(C)(O)CNC(=O)CC(C)c1ccccc1F. The Hall–Kier alpha value is -1.42. The molecule has 0 fully saturated rings. The zero-order chi connectivity index (χ0) is 16.0. The Morgan fingerprint density at radius 2 is 2.00 bits per heavy atom. The Bertz CT molecular complexity index is 474. The van der Waals surface area contributed by atoms with Crippen molar-refractivity contribution < 1.29 is 14.3 Å². The summed E-state index contributed by atoms with van der Waals surface area (Å²) in [6.07, 6.45) is 1.05. The van der Waals surface area contributed by atoms with Gasteiger partial charge in [-0.2, -0.15) is 0 Å². The molecule has 0 radical (unpaired) electrons. The third kappa shape index (κ3) is 5.12. The van der Waals surface area contributed by atoms with E-state index in [4.69, 9.17) is 0 Å². The van der Waals surface area contributed by atoms with Crippen molar-refractivity contribution in [3.05, 3.63) is 35.6 Å². The molecule has 1 amide bonds. The second kappa shape index (κ2) is 7.55. The van der Waals surface area contributed by atoms with Gasteiger partial charge in [0.15, 0.2) is 0 Å². The van der Waals surface area contributed by atoms with Gasteiger partial charge < -0.3 is 10.4 Å². The van der Waals surface area contributed by atoms with Crippen molar-refractivity contribution in [3.63, 3.8) is 0 Å². The molecule has 0 heterocycles. The zero-order valence-corrected chi connectivity index (χ0v) is 13.3. The first-order valence-corrected chi connectivity index (χ1v) is 7.51. The van der Waals surface area contributed by atoms with E-state index in [1.54, 1.807) is 25.1 Å². The minimum atomic E-state index is -0.925. The van der Waals surface area contributed by atoms with Crippen LogP contribution in [-0.4, -0.2) is 23.2 Å². The summed E-state index contributed by atoms with van der Waals surface area (Å²) >= 11 is 0. The molecule has 0 aliphatic heterocycles. The van der Waals surface area contributed by atoms with Crippen LogP contribution in [0.25, 0.3) is 0 Å². The number of carbonyl (C=O) groups excluding carboxylic acids is 1. The minimum Gasteiger partial charge on any atom is -0.388 e. The minimum absolute atomic E-state index is 0.0989. The third-order valence-electron chi connectivity index (χ3n) is 4.25. The summed E-state index contributed by atoms with van der Waals surface area (Å²) in [6.45, 7) is 7.71. The Morgan fingerprint density at radius 3 is 2.57 bits per heavy atom. The van der Waals surface area contributed by atoms with Crippen LogP contribution in [0.3, 0.4) is 0 Å². The maximum atomic E-state index is 13.6. The lowest BCUT2D eigenvalue weighted by atomic mass is 9.88. The van der Waals surface area contributed by atoms with Gasteiger partial charge in [-0.15, -0.1) is 0 Å². The summed E-state index contributed by atoms with van der Waals surface area (Å²) in [5.41, 5.74) is -0.382. The van der Waals surface area contributed by atoms with Gasteiger partial charge >= 0.3 is 0 Å². The van der Waals surface area contributed by atoms with Crippen molar-refractivity contribution in [2.45, 2.75) is 52.1 Å². The van der Waals surface area contributed by atoms with E-state index in [1.807, 2.05) is 20.8 Å². The van der Waals surface area contributed by atoms with Crippen LogP contribution in [0.1, 0.15) is 52.0 Å². The van der Waals surface area contributed by atoms with Crippen LogP contribution in [-0.2, 0) is 4.79 Å². The molecular weight excluding hydrogens is 269 g/mol. The van der Waals surface area contributed by atoms with Gasteiger partial charge in [-0.1, -0.05) is 45.4 Å². The van der Waals surface area contributed by atoms with Crippen molar-refractivity contribution >= 4 is 5.91 Å². The molecule has 0 spiro atoms. The Labute approximate surface area is 126 Å². The maximum absolute atomic E-state index is 13.6. The monoisotopic (exact) mass is 295 g/mol. The molecular formula is C17H26FNO2. The van der Waals surface area contributed by atoms with E-state index in [0.29, 0.717) is 5.56 Å². The number of nitrogens with one attached hydrogen (secondary N) is 1. The molecule has 4 heteroatoms. The Kier molecular flexibility index (Phi) is 6.34. The van der Waals surface area contributed by atoms with Crippen LogP contribution in [0.5, 0.6) is 0 Å². The lowest BCUT2D eigenvalue weighted by Crippen LogP contribution is -2.45. The van der Waals surface area contributed by atoms with Crippen LogP contribution >= 0.6 is 0 Å². The predicted octanol–water partition coefficient (Wildman–Crippen LogP) is 3.23. The predicted molar refractivity (Wildman–Crippen MR) is 82.5 cm³/mol. The van der Waals surface area contributed by atoms with Crippen molar-refractivity contribution in [3.8, 4) is 0 Å². The van der Waals surface area contributed by atoms with E-state index < -0.39 is 5.60 Å². The molecule has 0 bridgehead atoms. The fourth-order valence-corrected chi connectivity index (χ4v) is 2.23. The zero-order valence-electron chi connectivity index (χ0n) is 13.3. The molecule has 2 N–H and O–H groups in total.